The van der Waals surface area contributed by atoms with Gasteiger partial charge in [-0.05, 0) is 13.3 Å². The fourth-order valence-electron chi connectivity index (χ4n) is 3.84. The summed E-state index contributed by atoms with van der Waals surface area (Å²) >= 11 is 0. The fourth-order valence-corrected chi connectivity index (χ4v) is 3.84. The number of nitrogens with one attached hydrogen (secondary N) is 3. The van der Waals surface area contributed by atoms with Crippen molar-refractivity contribution in [3.63, 3.8) is 0 Å². The van der Waals surface area contributed by atoms with E-state index in [0.29, 0.717) is 6.67 Å². The van der Waals surface area contributed by atoms with Crippen molar-refractivity contribution >= 4 is 11.9 Å². The van der Waals surface area contributed by atoms with Gasteiger partial charge in [0.1, 0.15) is 38.8 Å². The van der Waals surface area contributed by atoms with Gasteiger partial charge in [-0.25, -0.2) is 9.69 Å². The highest BCUT2D eigenvalue weighted by atomic mass is 16.2. The second kappa shape index (κ2) is 7.97. The van der Waals surface area contributed by atoms with Crippen molar-refractivity contribution in [2.75, 3.05) is 32.8 Å². The summed E-state index contributed by atoms with van der Waals surface area (Å²) in [7, 11) is 0. The van der Waals surface area contributed by atoms with Gasteiger partial charge in [-0.3, -0.25) is 4.79 Å². The molecule has 3 amide bonds. The van der Waals surface area contributed by atoms with Gasteiger partial charge in [0.2, 0.25) is 0 Å². The van der Waals surface area contributed by atoms with E-state index in [2.05, 4.69) is 36.5 Å². The summed E-state index contributed by atoms with van der Waals surface area (Å²) in [6, 6.07) is 8.17. The number of piperazine rings is 1. The van der Waals surface area contributed by atoms with Crippen LogP contribution in [0.4, 0.5) is 4.79 Å². The number of hydrogen-bond acceptors (Lipinski definition) is 2. The molecule has 0 saturated carbocycles. The minimum absolute atomic E-state index is 0.0473. The summed E-state index contributed by atoms with van der Waals surface area (Å²) in [6.07, 6.45) is 1.63. The zero-order chi connectivity index (χ0) is 17.8. The Bertz CT molecular complexity index is 626. The standard InChI is InChI=1S/C19H28N4O2/c1-3-5-17-18(24)23(19(25)20-17)14-22-10-8-21(9-11-22)13-16-7-4-6-15(2)12-16/h4,6-7,12,17H,3,5,8-11,13-14H2,1-2H3,(H,20,25)/p+2/t17-/m0/s1. The number of rotatable bonds is 6. The van der Waals surface area contributed by atoms with Gasteiger partial charge in [-0.2, -0.15) is 0 Å². The average molecular weight is 346 g/mol. The molecule has 3 rings (SSSR count). The minimum atomic E-state index is -0.315. The Kier molecular flexibility index (Phi) is 5.71. The second-order valence-electron chi connectivity index (χ2n) is 7.38. The molecule has 0 unspecified atom stereocenters. The zero-order valence-corrected chi connectivity index (χ0v) is 15.3. The van der Waals surface area contributed by atoms with Crippen molar-refractivity contribution in [1.82, 2.24) is 10.2 Å². The molecule has 0 aromatic heterocycles. The van der Waals surface area contributed by atoms with Crippen LogP contribution < -0.4 is 15.1 Å². The van der Waals surface area contributed by atoms with Crippen molar-refractivity contribution in [2.45, 2.75) is 39.3 Å². The Morgan fingerprint density at radius 3 is 2.56 bits per heavy atom. The van der Waals surface area contributed by atoms with Gasteiger partial charge >= 0.3 is 6.03 Å². The fraction of sp³-hybridized carbons (Fsp3) is 0.579. The Hall–Kier alpha value is -1.92. The Morgan fingerprint density at radius 1 is 1.16 bits per heavy atom. The average Bonchev–Trinajstić information content (AvgIpc) is 2.85. The molecule has 2 aliphatic heterocycles. The molecule has 2 fully saturated rings. The number of nitrogens with zero attached hydrogens (tertiary/aromatic N) is 1. The third-order valence-electron chi connectivity index (χ3n) is 5.27. The lowest BCUT2D eigenvalue weighted by atomic mass is 10.1. The van der Waals surface area contributed by atoms with E-state index < -0.39 is 0 Å². The largest absolute Gasteiger partial charge is 0.329 e. The topological polar surface area (TPSA) is 58.3 Å². The maximum atomic E-state index is 12.3. The highest BCUT2D eigenvalue weighted by Gasteiger charge is 2.40. The van der Waals surface area contributed by atoms with Crippen LogP contribution in [0.15, 0.2) is 24.3 Å². The van der Waals surface area contributed by atoms with Gasteiger partial charge < -0.3 is 15.1 Å². The number of quaternary nitrogens is 2. The van der Waals surface area contributed by atoms with Gasteiger partial charge in [-0.15, -0.1) is 0 Å². The van der Waals surface area contributed by atoms with E-state index in [1.54, 1.807) is 4.90 Å². The number of carbonyl (C=O) groups excluding carboxylic acids is 2. The first-order valence-corrected chi connectivity index (χ1v) is 9.41. The summed E-state index contributed by atoms with van der Waals surface area (Å²) in [5, 5.41) is 2.81. The maximum absolute atomic E-state index is 12.3. The van der Waals surface area contributed by atoms with Crippen LogP contribution in [0.2, 0.25) is 0 Å². The Labute approximate surface area is 149 Å². The second-order valence-corrected chi connectivity index (χ2v) is 7.38. The van der Waals surface area contributed by atoms with E-state index in [9.17, 15) is 9.59 Å². The van der Waals surface area contributed by atoms with Crippen molar-refractivity contribution in [1.29, 1.82) is 0 Å². The normalized spacial score (nSPS) is 26.8. The van der Waals surface area contributed by atoms with E-state index in [1.165, 1.54) is 20.9 Å². The van der Waals surface area contributed by atoms with E-state index >= 15 is 0 Å². The highest BCUT2D eigenvalue weighted by Crippen LogP contribution is 2.09. The third-order valence-corrected chi connectivity index (χ3v) is 5.27. The van der Waals surface area contributed by atoms with Gasteiger partial charge in [0.05, 0.1) is 0 Å². The molecule has 0 bridgehead atoms. The summed E-state index contributed by atoms with van der Waals surface area (Å²) in [6.45, 7) is 9.86. The molecule has 136 valence electrons. The van der Waals surface area contributed by atoms with Crippen LogP contribution in [0.3, 0.4) is 0 Å². The lowest BCUT2D eigenvalue weighted by Gasteiger charge is -2.31. The molecule has 1 aromatic carbocycles. The van der Waals surface area contributed by atoms with E-state index in [4.69, 9.17) is 0 Å². The first-order valence-electron chi connectivity index (χ1n) is 9.41. The summed E-state index contributed by atoms with van der Waals surface area (Å²) in [4.78, 5) is 28.7. The van der Waals surface area contributed by atoms with E-state index in [1.807, 2.05) is 6.92 Å². The molecule has 6 heteroatoms. The molecule has 1 aromatic rings. The smallest absolute Gasteiger partial charge is 0.326 e. The van der Waals surface area contributed by atoms with Crippen LogP contribution >= 0.6 is 0 Å². The minimum Gasteiger partial charge on any atom is -0.326 e. The van der Waals surface area contributed by atoms with E-state index in [0.717, 1.165) is 45.6 Å². The number of hydrogen-bond donors (Lipinski definition) is 3. The summed E-state index contributed by atoms with van der Waals surface area (Å²) in [5.74, 6) is -0.0473. The van der Waals surface area contributed by atoms with Crippen LogP contribution in [-0.4, -0.2) is 55.7 Å². The van der Waals surface area contributed by atoms with Gasteiger partial charge in [0.15, 0.2) is 6.67 Å². The SMILES string of the molecule is CCC[C@@H]1NC(=O)N(C[NH+]2CC[NH+](Cc3cccc(C)c3)CC2)C1=O. The first kappa shape index (κ1) is 17.9. The molecular weight excluding hydrogens is 316 g/mol. The molecular formula is C19H30N4O2+2. The van der Waals surface area contributed by atoms with Crippen LogP contribution in [0.5, 0.6) is 0 Å². The quantitative estimate of drug-likeness (QED) is 0.576. The van der Waals surface area contributed by atoms with Gasteiger partial charge in [0, 0.05) is 5.56 Å². The molecule has 2 saturated heterocycles. The van der Waals surface area contributed by atoms with Crippen molar-refractivity contribution in [2.24, 2.45) is 0 Å². The highest BCUT2D eigenvalue weighted by molar-refractivity contribution is 6.03. The monoisotopic (exact) mass is 346 g/mol. The number of carbonyl (C=O) groups is 2. The molecule has 2 heterocycles. The molecule has 0 radical (unpaired) electrons. The van der Waals surface area contributed by atoms with Crippen LogP contribution in [-0.2, 0) is 11.3 Å². The third kappa shape index (κ3) is 4.38. The molecule has 3 N–H and O–H groups in total. The molecule has 1 atom stereocenters. The molecule has 0 spiro atoms. The number of amides is 3. The van der Waals surface area contributed by atoms with Crippen molar-refractivity contribution in [3.05, 3.63) is 35.4 Å². The van der Waals surface area contributed by atoms with E-state index in [-0.39, 0.29) is 18.0 Å². The Balaban J connectivity index is 1.48. The predicted molar refractivity (Wildman–Crippen MR) is 95.2 cm³/mol. The summed E-state index contributed by atoms with van der Waals surface area (Å²) < 4.78 is 0. The zero-order valence-electron chi connectivity index (χ0n) is 15.3. The molecule has 25 heavy (non-hydrogen) atoms. The molecule has 6 nitrogen and oxygen atoms in total. The van der Waals surface area contributed by atoms with Crippen LogP contribution in [0, 0.1) is 6.92 Å². The first-order chi connectivity index (χ1) is 12.1. The lowest BCUT2D eigenvalue weighted by molar-refractivity contribution is -1.02. The van der Waals surface area contributed by atoms with Gasteiger partial charge in [-0.1, -0.05) is 43.2 Å². The van der Waals surface area contributed by atoms with Gasteiger partial charge in [0.25, 0.3) is 5.91 Å². The van der Waals surface area contributed by atoms with Crippen molar-refractivity contribution in [3.8, 4) is 0 Å². The Morgan fingerprint density at radius 2 is 1.88 bits per heavy atom. The van der Waals surface area contributed by atoms with Crippen LogP contribution in [0.1, 0.15) is 30.9 Å². The number of aryl methyl sites for hydroxylation is 1. The number of benzene rings is 1. The van der Waals surface area contributed by atoms with Crippen LogP contribution in [0.25, 0.3) is 0 Å². The number of imide groups is 1. The molecule has 0 aliphatic carbocycles. The summed E-state index contributed by atoms with van der Waals surface area (Å²) in [5.41, 5.74) is 2.69. The lowest BCUT2D eigenvalue weighted by Crippen LogP contribution is -3.28. The maximum Gasteiger partial charge on any atom is 0.329 e. The molecule has 2 aliphatic rings. The predicted octanol–water partition coefficient (Wildman–Crippen LogP) is -1.04. The number of urea groups is 1. The van der Waals surface area contributed by atoms with Crippen molar-refractivity contribution < 1.29 is 19.4 Å².